The molecule has 0 aromatic heterocycles. The van der Waals surface area contributed by atoms with Gasteiger partial charge in [-0.05, 0) is 35.6 Å². The topological polar surface area (TPSA) is 49.4 Å². The number of nitrogens with zero attached hydrogens (tertiary/aromatic N) is 1. The molecule has 1 aliphatic heterocycles. The van der Waals surface area contributed by atoms with Gasteiger partial charge in [0.1, 0.15) is 0 Å². The minimum absolute atomic E-state index is 0.378. The molecule has 2 aromatic carbocycles. The van der Waals surface area contributed by atoms with Crippen LogP contribution in [0.5, 0.6) is 0 Å². The molecule has 0 atom stereocenters. The van der Waals surface area contributed by atoms with Gasteiger partial charge in [-0.1, -0.05) is 48.5 Å². The number of sulfonamides is 1. The van der Waals surface area contributed by atoms with Crippen LogP contribution >= 0.6 is 0 Å². The van der Waals surface area contributed by atoms with Crippen LogP contribution < -0.4 is 5.32 Å². The molecule has 1 N–H and O–H groups in total. The van der Waals surface area contributed by atoms with Crippen LogP contribution in [0.15, 0.2) is 54.6 Å². The predicted molar refractivity (Wildman–Crippen MR) is 98.2 cm³/mol. The van der Waals surface area contributed by atoms with Gasteiger partial charge in [-0.2, -0.15) is 0 Å². The molecule has 0 spiro atoms. The van der Waals surface area contributed by atoms with Crippen LogP contribution in [0.2, 0.25) is 0 Å². The average Bonchev–Trinajstić information content (AvgIpc) is 2.61. The van der Waals surface area contributed by atoms with Crippen LogP contribution in [0, 0.1) is 0 Å². The molecular formula is C19H24N2O2S. The number of rotatable bonds is 5. The minimum Gasteiger partial charge on any atom is -0.310 e. The van der Waals surface area contributed by atoms with Crippen LogP contribution in [0.4, 0.5) is 0 Å². The van der Waals surface area contributed by atoms with Crippen molar-refractivity contribution in [2.75, 3.05) is 19.3 Å². The molecule has 0 saturated carbocycles. The second kappa shape index (κ2) is 7.47. The highest BCUT2D eigenvalue weighted by Crippen LogP contribution is 2.20. The van der Waals surface area contributed by atoms with E-state index >= 15 is 0 Å². The molecule has 2 aromatic rings. The molecule has 5 heteroatoms. The van der Waals surface area contributed by atoms with E-state index in [1.54, 1.807) is 4.31 Å². The predicted octanol–water partition coefficient (Wildman–Crippen LogP) is 2.87. The minimum atomic E-state index is -3.05. The molecule has 0 bridgehead atoms. The summed E-state index contributed by atoms with van der Waals surface area (Å²) >= 11 is 0. The van der Waals surface area contributed by atoms with E-state index in [1.165, 1.54) is 22.9 Å². The monoisotopic (exact) mass is 344 g/mol. The largest absolute Gasteiger partial charge is 0.310 e. The highest BCUT2D eigenvalue weighted by Gasteiger charge is 2.24. The highest BCUT2D eigenvalue weighted by atomic mass is 32.2. The molecular weight excluding hydrogens is 320 g/mol. The van der Waals surface area contributed by atoms with Gasteiger partial charge >= 0.3 is 0 Å². The Morgan fingerprint density at radius 1 is 1.00 bits per heavy atom. The molecule has 0 aliphatic carbocycles. The Morgan fingerprint density at radius 2 is 1.67 bits per heavy atom. The number of piperidine rings is 1. The zero-order chi connectivity index (χ0) is 17.0. The summed E-state index contributed by atoms with van der Waals surface area (Å²) in [6, 6.07) is 19.3. The molecule has 1 heterocycles. The van der Waals surface area contributed by atoms with Gasteiger partial charge in [-0.3, -0.25) is 0 Å². The van der Waals surface area contributed by atoms with Crippen molar-refractivity contribution in [1.82, 2.24) is 9.62 Å². The lowest BCUT2D eigenvalue weighted by Gasteiger charge is -2.30. The van der Waals surface area contributed by atoms with Crippen LogP contribution in [-0.2, 0) is 16.6 Å². The highest BCUT2D eigenvalue weighted by molar-refractivity contribution is 7.88. The van der Waals surface area contributed by atoms with E-state index in [4.69, 9.17) is 0 Å². The van der Waals surface area contributed by atoms with E-state index in [0.29, 0.717) is 19.1 Å². The average molecular weight is 344 g/mol. The smallest absolute Gasteiger partial charge is 0.211 e. The summed E-state index contributed by atoms with van der Waals surface area (Å²) in [5.41, 5.74) is 3.70. The third-order valence-corrected chi connectivity index (χ3v) is 5.86. The van der Waals surface area contributed by atoms with Crippen molar-refractivity contribution in [2.45, 2.75) is 25.4 Å². The summed E-state index contributed by atoms with van der Waals surface area (Å²) in [4.78, 5) is 0. The zero-order valence-corrected chi connectivity index (χ0v) is 14.8. The molecule has 1 aliphatic rings. The lowest BCUT2D eigenvalue weighted by atomic mass is 10.0. The Bertz CT molecular complexity index is 767. The quantitative estimate of drug-likeness (QED) is 0.907. The van der Waals surface area contributed by atoms with Crippen molar-refractivity contribution in [3.05, 3.63) is 60.2 Å². The number of nitrogens with one attached hydrogen (secondary N) is 1. The second-order valence-electron chi connectivity index (χ2n) is 6.38. The first-order chi connectivity index (χ1) is 11.5. The molecule has 24 heavy (non-hydrogen) atoms. The van der Waals surface area contributed by atoms with Crippen LogP contribution in [-0.4, -0.2) is 38.1 Å². The first kappa shape index (κ1) is 17.1. The van der Waals surface area contributed by atoms with Crippen molar-refractivity contribution >= 4 is 10.0 Å². The third-order valence-electron chi connectivity index (χ3n) is 4.55. The van der Waals surface area contributed by atoms with Gasteiger partial charge in [-0.15, -0.1) is 0 Å². The lowest BCUT2D eigenvalue weighted by Crippen LogP contribution is -2.44. The van der Waals surface area contributed by atoms with Gasteiger partial charge in [0.05, 0.1) is 6.26 Å². The molecule has 0 radical (unpaired) electrons. The first-order valence-corrected chi connectivity index (χ1v) is 10.2. The molecule has 1 fully saturated rings. The molecule has 4 nitrogen and oxygen atoms in total. The van der Waals surface area contributed by atoms with Crippen molar-refractivity contribution in [1.29, 1.82) is 0 Å². The van der Waals surface area contributed by atoms with E-state index in [9.17, 15) is 8.42 Å². The number of hydrogen-bond donors (Lipinski definition) is 1. The lowest BCUT2D eigenvalue weighted by molar-refractivity contribution is 0.290. The molecule has 1 saturated heterocycles. The van der Waals surface area contributed by atoms with Crippen molar-refractivity contribution in [2.24, 2.45) is 0 Å². The van der Waals surface area contributed by atoms with Gasteiger partial charge in [-0.25, -0.2) is 12.7 Å². The van der Waals surface area contributed by atoms with Crippen molar-refractivity contribution in [3.8, 4) is 11.1 Å². The summed E-state index contributed by atoms with van der Waals surface area (Å²) in [7, 11) is -3.05. The van der Waals surface area contributed by atoms with E-state index in [1.807, 2.05) is 6.07 Å². The maximum Gasteiger partial charge on any atom is 0.211 e. The maximum absolute atomic E-state index is 11.6. The van der Waals surface area contributed by atoms with Gasteiger partial charge < -0.3 is 5.32 Å². The Balaban J connectivity index is 1.56. The van der Waals surface area contributed by atoms with E-state index < -0.39 is 10.0 Å². The van der Waals surface area contributed by atoms with Gasteiger partial charge in [0.25, 0.3) is 0 Å². The SMILES string of the molecule is CS(=O)(=O)N1CCC(NCc2cccc(-c3ccccc3)c2)CC1. The fraction of sp³-hybridized carbons (Fsp3) is 0.368. The van der Waals surface area contributed by atoms with Crippen LogP contribution in [0.1, 0.15) is 18.4 Å². The van der Waals surface area contributed by atoms with Gasteiger partial charge in [0.2, 0.25) is 10.0 Å². The second-order valence-corrected chi connectivity index (χ2v) is 8.37. The van der Waals surface area contributed by atoms with Crippen molar-refractivity contribution < 1.29 is 8.42 Å². The number of benzene rings is 2. The first-order valence-electron chi connectivity index (χ1n) is 8.35. The Kier molecular flexibility index (Phi) is 5.33. The molecule has 0 amide bonds. The van der Waals surface area contributed by atoms with E-state index in [-0.39, 0.29) is 0 Å². The normalized spacial score (nSPS) is 17.0. The third kappa shape index (κ3) is 4.44. The maximum atomic E-state index is 11.6. The fourth-order valence-electron chi connectivity index (χ4n) is 3.15. The molecule has 0 unspecified atom stereocenters. The van der Waals surface area contributed by atoms with E-state index in [0.717, 1.165) is 19.4 Å². The van der Waals surface area contributed by atoms with Crippen LogP contribution in [0.3, 0.4) is 0 Å². The Morgan fingerprint density at radius 3 is 2.33 bits per heavy atom. The summed E-state index contributed by atoms with van der Waals surface area (Å²) in [5.74, 6) is 0. The fourth-order valence-corrected chi connectivity index (χ4v) is 4.02. The van der Waals surface area contributed by atoms with Gasteiger partial charge in [0.15, 0.2) is 0 Å². The standard InChI is InChI=1S/C19H24N2O2S/c1-24(22,23)21-12-10-19(11-13-21)20-15-16-6-5-9-18(14-16)17-7-3-2-4-8-17/h2-9,14,19-20H,10-13,15H2,1H3. The number of hydrogen-bond acceptors (Lipinski definition) is 3. The van der Waals surface area contributed by atoms with Crippen LogP contribution in [0.25, 0.3) is 11.1 Å². The summed E-state index contributed by atoms with van der Waals surface area (Å²) in [5, 5.41) is 3.57. The summed E-state index contributed by atoms with van der Waals surface area (Å²) in [6.45, 7) is 2.03. The molecule has 3 rings (SSSR count). The Labute approximate surface area is 144 Å². The molecule has 128 valence electrons. The van der Waals surface area contributed by atoms with Crippen molar-refractivity contribution in [3.63, 3.8) is 0 Å². The Hall–Kier alpha value is -1.69. The summed E-state index contributed by atoms with van der Waals surface area (Å²) < 4.78 is 24.7. The summed E-state index contributed by atoms with van der Waals surface area (Å²) in [6.07, 6.45) is 3.02. The van der Waals surface area contributed by atoms with E-state index in [2.05, 4.69) is 53.8 Å². The zero-order valence-electron chi connectivity index (χ0n) is 14.0. The van der Waals surface area contributed by atoms with Gasteiger partial charge in [0, 0.05) is 25.7 Å².